The van der Waals surface area contributed by atoms with E-state index in [1.165, 1.54) is 11.3 Å². The Morgan fingerprint density at radius 3 is 2.79 bits per heavy atom. The molecular weight excluding hydrogens is 269 g/mol. The summed E-state index contributed by atoms with van der Waals surface area (Å²) in [6.45, 7) is 3.70. The molecule has 0 aliphatic rings. The van der Waals surface area contributed by atoms with Gasteiger partial charge in [0.2, 0.25) is 0 Å². The summed E-state index contributed by atoms with van der Waals surface area (Å²) in [4.78, 5) is 19.1. The molecule has 0 aromatic carbocycles. The van der Waals surface area contributed by atoms with Gasteiger partial charge in [-0.05, 0) is 19.9 Å². The predicted molar refractivity (Wildman–Crippen MR) is 69.9 cm³/mol. The summed E-state index contributed by atoms with van der Waals surface area (Å²) in [5.74, 6) is -1.80. The lowest BCUT2D eigenvalue weighted by molar-refractivity contribution is 0.0697. The Bertz CT molecular complexity index is 599. The minimum Gasteiger partial charge on any atom is -0.478 e. The highest BCUT2D eigenvalue weighted by molar-refractivity contribution is 7.09. The molecule has 2 N–H and O–H groups in total. The molecule has 5 nitrogen and oxygen atoms in total. The number of carboxylic acids is 1. The zero-order valence-electron chi connectivity index (χ0n) is 10.3. The van der Waals surface area contributed by atoms with Crippen LogP contribution in [-0.4, -0.2) is 21.0 Å². The first-order valence-corrected chi connectivity index (χ1v) is 6.35. The molecule has 2 aromatic heterocycles. The smallest absolute Gasteiger partial charge is 0.339 e. The number of hydrogen-bond acceptors (Lipinski definition) is 5. The molecule has 0 radical (unpaired) electrons. The van der Waals surface area contributed by atoms with Gasteiger partial charge >= 0.3 is 5.97 Å². The SMILES string of the molecule is CC(C)(Nc1ncc(F)cc1C(=O)O)c1nccs1. The van der Waals surface area contributed by atoms with Crippen molar-refractivity contribution in [3.8, 4) is 0 Å². The molecule has 2 heterocycles. The lowest BCUT2D eigenvalue weighted by Gasteiger charge is -2.25. The minimum atomic E-state index is -1.23. The Labute approximate surface area is 113 Å². The maximum atomic E-state index is 13.0. The number of carbonyl (C=O) groups is 1. The number of aromatic carboxylic acids is 1. The molecule has 0 saturated carbocycles. The highest BCUT2D eigenvalue weighted by Gasteiger charge is 2.26. The second kappa shape index (κ2) is 4.93. The van der Waals surface area contributed by atoms with Crippen LogP contribution in [0.2, 0.25) is 0 Å². The Morgan fingerprint density at radius 2 is 2.21 bits per heavy atom. The van der Waals surface area contributed by atoms with Crippen LogP contribution < -0.4 is 5.32 Å². The van der Waals surface area contributed by atoms with Gasteiger partial charge in [-0.15, -0.1) is 11.3 Å². The molecular formula is C12H12FN3O2S. The Hall–Kier alpha value is -2.02. The predicted octanol–water partition coefficient (Wildman–Crippen LogP) is 2.72. The van der Waals surface area contributed by atoms with Crippen LogP contribution in [0.15, 0.2) is 23.8 Å². The number of pyridine rings is 1. The Morgan fingerprint density at radius 1 is 1.47 bits per heavy atom. The highest BCUT2D eigenvalue weighted by atomic mass is 32.1. The van der Waals surface area contributed by atoms with E-state index in [1.807, 2.05) is 19.2 Å². The van der Waals surface area contributed by atoms with Gasteiger partial charge in [0.25, 0.3) is 0 Å². The van der Waals surface area contributed by atoms with Crippen molar-refractivity contribution in [2.75, 3.05) is 5.32 Å². The second-order valence-corrected chi connectivity index (χ2v) is 5.34. The van der Waals surface area contributed by atoms with Crippen molar-refractivity contribution in [3.05, 3.63) is 40.2 Å². The summed E-state index contributed by atoms with van der Waals surface area (Å²) in [6, 6.07) is 0.940. The Balaban J connectivity index is 2.36. The van der Waals surface area contributed by atoms with Crippen LogP contribution in [0.5, 0.6) is 0 Å². The van der Waals surface area contributed by atoms with Gasteiger partial charge in [0.1, 0.15) is 22.2 Å². The van der Waals surface area contributed by atoms with Crippen molar-refractivity contribution < 1.29 is 14.3 Å². The fourth-order valence-electron chi connectivity index (χ4n) is 1.58. The summed E-state index contributed by atoms with van der Waals surface area (Å²) in [5, 5.41) is 14.7. The van der Waals surface area contributed by atoms with Gasteiger partial charge in [0, 0.05) is 11.6 Å². The molecule has 2 rings (SSSR count). The van der Waals surface area contributed by atoms with Crippen molar-refractivity contribution in [1.82, 2.24) is 9.97 Å². The number of hydrogen-bond donors (Lipinski definition) is 2. The molecule has 0 atom stereocenters. The molecule has 19 heavy (non-hydrogen) atoms. The van der Waals surface area contributed by atoms with E-state index in [0.29, 0.717) is 0 Å². The monoisotopic (exact) mass is 281 g/mol. The van der Waals surface area contributed by atoms with Crippen LogP contribution >= 0.6 is 11.3 Å². The summed E-state index contributed by atoms with van der Waals surface area (Å²) >= 11 is 1.44. The third kappa shape index (κ3) is 2.87. The number of carboxylic acid groups (broad SMARTS) is 1. The van der Waals surface area contributed by atoms with E-state index >= 15 is 0 Å². The van der Waals surface area contributed by atoms with E-state index in [1.54, 1.807) is 6.20 Å². The molecule has 0 spiro atoms. The Kier molecular flexibility index (Phi) is 3.48. The molecule has 7 heteroatoms. The van der Waals surface area contributed by atoms with Crippen molar-refractivity contribution in [1.29, 1.82) is 0 Å². The summed E-state index contributed by atoms with van der Waals surface area (Å²) < 4.78 is 13.0. The first-order valence-electron chi connectivity index (χ1n) is 5.47. The van der Waals surface area contributed by atoms with Crippen LogP contribution in [0.25, 0.3) is 0 Å². The number of aromatic nitrogens is 2. The van der Waals surface area contributed by atoms with Gasteiger partial charge in [-0.1, -0.05) is 0 Å². The number of anilines is 1. The van der Waals surface area contributed by atoms with Crippen molar-refractivity contribution in [2.45, 2.75) is 19.4 Å². The van der Waals surface area contributed by atoms with Crippen LogP contribution in [0.1, 0.15) is 29.2 Å². The van der Waals surface area contributed by atoms with E-state index < -0.39 is 17.3 Å². The summed E-state index contributed by atoms with van der Waals surface area (Å²) in [5.41, 5.74) is -0.798. The van der Waals surface area contributed by atoms with Crippen LogP contribution in [-0.2, 0) is 5.54 Å². The van der Waals surface area contributed by atoms with Crippen molar-refractivity contribution in [2.24, 2.45) is 0 Å². The normalized spacial score (nSPS) is 11.3. The van der Waals surface area contributed by atoms with Crippen LogP contribution in [0, 0.1) is 5.82 Å². The van der Waals surface area contributed by atoms with Crippen LogP contribution in [0.4, 0.5) is 10.2 Å². The van der Waals surface area contributed by atoms with Gasteiger partial charge in [-0.2, -0.15) is 0 Å². The van der Waals surface area contributed by atoms with Gasteiger partial charge in [-0.3, -0.25) is 0 Å². The van der Waals surface area contributed by atoms with E-state index in [2.05, 4.69) is 15.3 Å². The zero-order chi connectivity index (χ0) is 14.0. The number of nitrogens with one attached hydrogen (secondary N) is 1. The molecule has 0 amide bonds. The molecule has 0 unspecified atom stereocenters. The van der Waals surface area contributed by atoms with Crippen molar-refractivity contribution >= 4 is 23.1 Å². The fraction of sp³-hybridized carbons (Fsp3) is 0.250. The van der Waals surface area contributed by atoms with E-state index in [-0.39, 0.29) is 11.4 Å². The number of nitrogens with zero attached hydrogens (tertiary/aromatic N) is 2. The zero-order valence-corrected chi connectivity index (χ0v) is 11.2. The lowest BCUT2D eigenvalue weighted by atomic mass is 10.1. The summed E-state index contributed by atoms with van der Waals surface area (Å²) in [7, 11) is 0. The van der Waals surface area contributed by atoms with Crippen LogP contribution in [0.3, 0.4) is 0 Å². The average molecular weight is 281 g/mol. The molecule has 0 aliphatic heterocycles. The number of rotatable bonds is 4. The van der Waals surface area contributed by atoms with E-state index in [9.17, 15) is 9.18 Å². The standard InChI is InChI=1S/C12H12FN3O2S/c1-12(2,11-14-3-4-19-11)16-9-8(10(17)18)5-7(13)6-15-9/h3-6H,1-2H3,(H,15,16)(H,17,18). The third-order valence-electron chi connectivity index (χ3n) is 2.48. The molecule has 0 fully saturated rings. The number of halogens is 1. The van der Waals surface area contributed by atoms with Crippen molar-refractivity contribution in [3.63, 3.8) is 0 Å². The molecule has 0 bridgehead atoms. The fourth-order valence-corrected chi connectivity index (χ4v) is 2.30. The first kappa shape index (κ1) is 13.4. The van der Waals surface area contributed by atoms with E-state index in [4.69, 9.17) is 5.11 Å². The van der Waals surface area contributed by atoms with Gasteiger partial charge in [0.15, 0.2) is 0 Å². The molecule has 2 aromatic rings. The summed E-state index contributed by atoms with van der Waals surface area (Å²) in [6.07, 6.45) is 2.65. The average Bonchev–Trinajstić information content (AvgIpc) is 2.85. The first-order chi connectivity index (χ1) is 8.90. The van der Waals surface area contributed by atoms with Gasteiger partial charge < -0.3 is 10.4 Å². The topological polar surface area (TPSA) is 75.1 Å². The maximum absolute atomic E-state index is 13.0. The highest BCUT2D eigenvalue weighted by Crippen LogP contribution is 2.27. The quantitative estimate of drug-likeness (QED) is 0.901. The lowest BCUT2D eigenvalue weighted by Crippen LogP contribution is -2.29. The van der Waals surface area contributed by atoms with E-state index in [0.717, 1.165) is 17.3 Å². The maximum Gasteiger partial charge on any atom is 0.339 e. The third-order valence-corrected chi connectivity index (χ3v) is 3.58. The molecule has 0 saturated heterocycles. The van der Waals surface area contributed by atoms with Gasteiger partial charge in [0.05, 0.1) is 11.7 Å². The molecule has 0 aliphatic carbocycles. The minimum absolute atomic E-state index is 0.120. The number of thiazole rings is 1. The second-order valence-electron chi connectivity index (χ2n) is 4.44. The largest absolute Gasteiger partial charge is 0.478 e. The molecule has 100 valence electrons. The van der Waals surface area contributed by atoms with Gasteiger partial charge in [-0.25, -0.2) is 19.2 Å².